The van der Waals surface area contributed by atoms with E-state index < -0.39 is 17.0 Å². The molecule has 0 aliphatic heterocycles. The minimum Gasteiger partial charge on any atom is -0.496 e. The van der Waals surface area contributed by atoms with Crippen molar-refractivity contribution in [2.75, 3.05) is 13.7 Å². The van der Waals surface area contributed by atoms with Crippen LogP contribution >= 0.6 is 0 Å². The van der Waals surface area contributed by atoms with Crippen LogP contribution in [0.25, 0.3) is 0 Å². The highest BCUT2D eigenvalue weighted by Crippen LogP contribution is 2.32. The smallest absolute Gasteiger partial charge is 0.344 e. The van der Waals surface area contributed by atoms with E-state index in [-0.39, 0.29) is 30.2 Å². The van der Waals surface area contributed by atoms with Gasteiger partial charge >= 0.3 is 11.7 Å². The molecule has 1 aromatic carbocycles. The van der Waals surface area contributed by atoms with Crippen LogP contribution in [0.1, 0.15) is 6.42 Å². The van der Waals surface area contributed by atoms with E-state index >= 15 is 0 Å². The quantitative estimate of drug-likeness (QED) is 0.554. The Balaban J connectivity index is 3.05. The lowest BCUT2D eigenvalue weighted by Crippen LogP contribution is -2.29. The number of rotatable bonds is 7. The Kier molecular flexibility index (Phi) is 5.07. The van der Waals surface area contributed by atoms with Crippen LogP contribution in [-0.4, -0.2) is 35.8 Å². The number of carboxylic acids is 1. The summed E-state index contributed by atoms with van der Waals surface area (Å²) in [5, 5.41) is 19.8. The molecule has 1 atom stereocenters. The Bertz CT molecular complexity index is 476. The van der Waals surface area contributed by atoms with Crippen molar-refractivity contribution < 1.29 is 24.3 Å². The van der Waals surface area contributed by atoms with E-state index in [1.807, 2.05) is 0 Å². The number of hydrogen-bond donors (Lipinski definition) is 2. The predicted molar refractivity (Wildman–Crippen MR) is 65.4 cm³/mol. The van der Waals surface area contributed by atoms with E-state index in [1.54, 1.807) is 0 Å². The fraction of sp³-hybridized carbons (Fsp3) is 0.364. The standard InChI is InChI=1S/C11H14N2O6/c1-18-7-2-3-9(8(6-7)13(16)17)19-10(4-5-12)11(14)15/h2-3,6,10H,4-5,12H2,1H3,(H,14,15). The molecule has 0 heterocycles. The molecule has 1 unspecified atom stereocenters. The minimum absolute atomic E-state index is 0.0541. The lowest BCUT2D eigenvalue weighted by Gasteiger charge is -2.14. The normalized spacial score (nSPS) is 11.7. The number of hydrogen-bond acceptors (Lipinski definition) is 6. The molecule has 0 fully saturated rings. The van der Waals surface area contributed by atoms with E-state index in [4.69, 9.17) is 20.3 Å². The molecule has 1 rings (SSSR count). The number of benzene rings is 1. The van der Waals surface area contributed by atoms with Crippen molar-refractivity contribution in [2.24, 2.45) is 5.73 Å². The van der Waals surface area contributed by atoms with Gasteiger partial charge in [0.2, 0.25) is 0 Å². The largest absolute Gasteiger partial charge is 0.496 e. The van der Waals surface area contributed by atoms with E-state index in [9.17, 15) is 14.9 Å². The molecule has 0 aliphatic rings. The van der Waals surface area contributed by atoms with Crippen LogP contribution in [0.5, 0.6) is 11.5 Å². The molecule has 19 heavy (non-hydrogen) atoms. The van der Waals surface area contributed by atoms with Crippen LogP contribution in [0, 0.1) is 10.1 Å². The van der Waals surface area contributed by atoms with Gasteiger partial charge in [-0.3, -0.25) is 10.1 Å². The average Bonchev–Trinajstić information content (AvgIpc) is 2.38. The van der Waals surface area contributed by atoms with Crippen LogP contribution in [0.15, 0.2) is 18.2 Å². The van der Waals surface area contributed by atoms with Crippen molar-refractivity contribution in [3.63, 3.8) is 0 Å². The maximum absolute atomic E-state index is 10.9. The number of ether oxygens (including phenoxy) is 2. The summed E-state index contributed by atoms with van der Waals surface area (Å²) in [6.07, 6.45) is -1.17. The number of aliphatic carboxylic acids is 1. The summed E-state index contributed by atoms with van der Waals surface area (Å²) in [6.45, 7) is 0.0981. The third-order valence-corrected chi connectivity index (χ3v) is 2.34. The van der Waals surface area contributed by atoms with Crippen molar-refractivity contribution in [2.45, 2.75) is 12.5 Å². The van der Waals surface area contributed by atoms with Gasteiger partial charge in [0, 0.05) is 6.42 Å². The number of carbonyl (C=O) groups is 1. The summed E-state index contributed by atoms with van der Waals surface area (Å²) in [7, 11) is 1.37. The van der Waals surface area contributed by atoms with Crippen LogP contribution in [0.2, 0.25) is 0 Å². The third kappa shape index (κ3) is 3.81. The van der Waals surface area contributed by atoms with Gasteiger partial charge in [-0.05, 0) is 18.7 Å². The Morgan fingerprint density at radius 2 is 2.26 bits per heavy atom. The fourth-order valence-electron chi connectivity index (χ4n) is 1.40. The second kappa shape index (κ2) is 6.55. The topological polar surface area (TPSA) is 125 Å². The van der Waals surface area contributed by atoms with Crippen LogP contribution < -0.4 is 15.2 Å². The van der Waals surface area contributed by atoms with Crippen molar-refractivity contribution in [1.82, 2.24) is 0 Å². The summed E-state index contributed by atoms with van der Waals surface area (Å²) < 4.78 is 10.00. The molecule has 0 aliphatic carbocycles. The molecule has 8 nitrogen and oxygen atoms in total. The first-order valence-corrected chi connectivity index (χ1v) is 5.41. The highest BCUT2D eigenvalue weighted by Gasteiger charge is 2.24. The zero-order chi connectivity index (χ0) is 14.4. The molecule has 0 amide bonds. The second-order valence-corrected chi connectivity index (χ2v) is 3.61. The first kappa shape index (κ1) is 14.7. The number of nitro benzene ring substituents is 1. The molecule has 8 heteroatoms. The monoisotopic (exact) mass is 270 g/mol. The predicted octanol–water partition coefficient (Wildman–Crippen LogP) is 0.784. The van der Waals surface area contributed by atoms with Gasteiger partial charge in [0.05, 0.1) is 18.1 Å². The zero-order valence-corrected chi connectivity index (χ0v) is 10.2. The molecule has 0 saturated carbocycles. The fourth-order valence-corrected chi connectivity index (χ4v) is 1.40. The van der Waals surface area contributed by atoms with Gasteiger partial charge in [-0.15, -0.1) is 0 Å². The van der Waals surface area contributed by atoms with Crippen LogP contribution in [0.4, 0.5) is 5.69 Å². The highest BCUT2D eigenvalue weighted by atomic mass is 16.6. The number of nitro groups is 1. The van der Waals surface area contributed by atoms with Crippen molar-refractivity contribution in [3.8, 4) is 11.5 Å². The van der Waals surface area contributed by atoms with Gasteiger partial charge in [-0.25, -0.2) is 4.79 Å². The Hall–Kier alpha value is -2.35. The molecule has 0 aromatic heterocycles. The lowest BCUT2D eigenvalue weighted by atomic mass is 10.2. The van der Waals surface area contributed by atoms with E-state index in [0.29, 0.717) is 0 Å². The second-order valence-electron chi connectivity index (χ2n) is 3.61. The first-order chi connectivity index (χ1) is 8.99. The van der Waals surface area contributed by atoms with Crippen molar-refractivity contribution in [1.29, 1.82) is 0 Å². The molecular weight excluding hydrogens is 256 g/mol. The first-order valence-electron chi connectivity index (χ1n) is 5.41. The SMILES string of the molecule is COc1ccc(OC(CCN)C(=O)O)c([N+](=O)[O-])c1. The molecule has 1 aromatic rings. The van der Waals surface area contributed by atoms with Gasteiger partial charge < -0.3 is 20.3 Å². The number of carboxylic acid groups (broad SMARTS) is 1. The molecule has 0 spiro atoms. The third-order valence-electron chi connectivity index (χ3n) is 2.34. The number of nitrogens with zero attached hydrogens (tertiary/aromatic N) is 1. The Morgan fingerprint density at radius 3 is 2.74 bits per heavy atom. The Labute approximate surface area is 108 Å². The number of methoxy groups -OCH3 is 1. The minimum atomic E-state index is -1.23. The van der Waals surface area contributed by atoms with Crippen molar-refractivity contribution >= 4 is 11.7 Å². The molecule has 0 radical (unpaired) electrons. The van der Waals surface area contributed by atoms with E-state index in [0.717, 1.165) is 6.07 Å². The number of nitrogens with two attached hydrogens (primary N) is 1. The van der Waals surface area contributed by atoms with Gasteiger partial charge in [0.15, 0.2) is 11.9 Å². The average molecular weight is 270 g/mol. The summed E-state index contributed by atoms with van der Waals surface area (Å²) in [6, 6.07) is 3.91. The summed E-state index contributed by atoms with van der Waals surface area (Å²) in [5.74, 6) is -1.08. The molecule has 0 bridgehead atoms. The molecular formula is C11H14N2O6. The maximum atomic E-state index is 10.9. The highest BCUT2D eigenvalue weighted by molar-refractivity contribution is 5.73. The van der Waals surface area contributed by atoms with Crippen LogP contribution in [-0.2, 0) is 4.79 Å². The van der Waals surface area contributed by atoms with Gasteiger partial charge in [0.25, 0.3) is 0 Å². The van der Waals surface area contributed by atoms with E-state index in [1.165, 1.54) is 19.2 Å². The lowest BCUT2D eigenvalue weighted by molar-refractivity contribution is -0.386. The maximum Gasteiger partial charge on any atom is 0.344 e. The van der Waals surface area contributed by atoms with Crippen LogP contribution in [0.3, 0.4) is 0 Å². The van der Waals surface area contributed by atoms with E-state index in [2.05, 4.69) is 0 Å². The Morgan fingerprint density at radius 1 is 1.58 bits per heavy atom. The summed E-state index contributed by atoms with van der Waals surface area (Å²) >= 11 is 0. The van der Waals surface area contributed by atoms with Crippen molar-refractivity contribution in [3.05, 3.63) is 28.3 Å². The molecule has 104 valence electrons. The summed E-state index contributed by atoms with van der Waals surface area (Å²) in [5.41, 5.74) is 4.91. The van der Waals surface area contributed by atoms with Gasteiger partial charge in [-0.1, -0.05) is 0 Å². The van der Waals surface area contributed by atoms with Gasteiger partial charge in [-0.2, -0.15) is 0 Å². The summed E-state index contributed by atoms with van der Waals surface area (Å²) in [4.78, 5) is 21.2. The molecule has 0 saturated heterocycles. The molecule has 3 N–H and O–H groups in total. The van der Waals surface area contributed by atoms with Gasteiger partial charge in [0.1, 0.15) is 5.75 Å². The zero-order valence-electron chi connectivity index (χ0n) is 10.2.